The lowest BCUT2D eigenvalue weighted by molar-refractivity contribution is 0.847. The third kappa shape index (κ3) is 4.05. The Morgan fingerprint density at radius 1 is 0.657 bits per heavy atom. The molecule has 0 aromatic heterocycles. The maximum Gasteiger partial charge on any atom is 0.162 e. The van der Waals surface area contributed by atoms with Gasteiger partial charge in [0.2, 0.25) is 0 Å². The van der Waals surface area contributed by atoms with Crippen LogP contribution >= 0.6 is 0 Å². The van der Waals surface area contributed by atoms with E-state index >= 15 is 0 Å². The van der Waals surface area contributed by atoms with E-state index in [0.717, 1.165) is 0 Å². The smallest absolute Gasteiger partial charge is 0.0656 e. The average Bonchev–Trinajstić information content (AvgIpc) is 2.98. The Morgan fingerprint density at radius 3 is 1.83 bits per heavy atom. The van der Waals surface area contributed by atoms with E-state index in [9.17, 15) is 0 Å². The van der Waals surface area contributed by atoms with E-state index in [1.54, 1.807) is 5.19 Å². The fourth-order valence-corrected chi connectivity index (χ4v) is 13.9. The van der Waals surface area contributed by atoms with Crippen LogP contribution < -0.4 is 20.7 Å². The summed E-state index contributed by atoms with van der Waals surface area (Å²) in [4.78, 5) is 0. The van der Waals surface area contributed by atoms with Crippen molar-refractivity contribution >= 4 is 36.9 Å². The Labute approximate surface area is 215 Å². The van der Waals surface area contributed by atoms with Crippen molar-refractivity contribution in [1.29, 1.82) is 0 Å². The maximum absolute atomic E-state index is 4.10. The normalized spacial score (nSPS) is 20.1. The van der Waals surface area contributed by atoms with Crippen LogP contribution in [-0.2, 0) is 0 Å². The molecule has 2 unspecified atom stereocenters. The van der Waals surface area contributed by atoms with Gasteiger partial charge >= 0.3 is 0 Å². The van der Waals surface area contributed by atoms with Gasteiger partial charge in [-0.05, 0) is 74.3 Å². The Bertz CT molecular complexity index is 1340. The molecule has 0 amide bonds. The van der Waals surface area contributed by atoms with E-state index in [2.05, 4.69) is 141 Å². The molecule has 2 atom stereocenters. The van der Waals surface area contributed by atoms with Gasteiger partial charge in [0.05, 0.1) is 8.07 Å². The highest BCUT2D eigenvalue weighted by Crippen LogP contribution is 2.52. The average molecular weight is 494 g/mol. The molecule has 0 aliphatic heterocycles. The van der Waals surface area contributed by atoms with Crippen molar-refractivity contribution < 1.29 is 0 Å². The van der Waals surface area contributed by atoms with E-state index in [0.29, 0.717) is 0 Å². The molecule has 0 nitrogen and oxygen atoms in total. The van der Waals surface area contributed by atoms with E-state index in [4.69, 9.17) is 0 Å². The van der Waals surface area contributed by atoms with E-state index in [-0.39, 0.29) is 5.04 Å². The summed E-state index contributed by atoms with van der Waals surface area (Å²) < 4.78 is 0. The van der Waals surface area contributed by atoms with Crippen molar-refractivity contribution in [2.24, 2.45) is 0 Å². The molecule has 0 heterocycles. The van der Waals surface area contributed by atoms with Crippen LogP contribution in [0.3, 0.4) is 0 Å². The molecule has 2 heteroatoms. The zero-order valence-corrected chi connectivity index (χ0v) is 25.4. The third-order valence-corrected chi connectivity index (χ3v) is 16.2. The summed E-state index contributed by atoms with van der Waals surface area (Å²) in [7, 11) is -4.16. The second-order valence-corrected chi connectivity index (χ2v) is 21.2. The van der Waals surface area contributed by atoms with Crippen LogP contribution in [0.5, 0.6) is 0 Å². The standard InChI is InChI=1S/C33H41Si2/c1-23-16-17-32(25(3)18-23)35(29-14-12-11-13-15-29,33(7)22-26(4)27(5)28(33)6)31-20-24(2)19-30(21-31)34(8,9)10/h11-21H,1-10H3. The molecule has 1 aliphatic carbocycles. The highest BCUT2D eigenvalue weighted by Gasteiger charge is 2.57. The SMILES string of the molecule is CC1=[C]C(C)([Si](c2ccccc2)(c2cc(C)cc([Si](C)(C)C)c2)c2ccc(C)cc2C)C(C)=C1C. The molecule has 0 N–H and O–H groups in total. The second kappa shape index (κ2) is 8.90. The minimum atomic E-state index is -2.64. The minimum Gasteiger partial charge on any atom is -0.0656 e. The molecule has 0 spiro atoms. The first-order chi connectivity index (χ1) is 16.3. The minimum absolute atomic E-state index is 0.187. The first kappa shape index (κ1) is 25.7. The topological polar surface area (TPSA) is 0 Å². The van der Waals surface area contributed by atoms with Crippen molar-refractivity contribution in [3.8, 4) is 0 Å². The predicted molar refractivity (Wildman–Crippen MR) is 160 cm³/mol. The van der Waals surface area contributed by atoms with Gasteiger partial charge in [-0.2, -0.15) is 0 Å². The number of hydrogen-bond donors (Lipinski definition) is 0. The molecule has 181 valence electrons. The lowest BCUT2D eigenvalue weighted by atomic mass is 10.0. The zero-order valence-electron chi connectivity index (χ0n) is 23.4. The number of benzene rings is 3. The number of rotatable bonds is 5. The molecule has 0 saturated heterocycles. The number of allylic oxidation sites excluding steroid dienone is 4. The highest BCUT2D eigenvalue weighted by molar-refractivity contribution is 7.14. The second-order valence-electron chi connectivity index (χ2n) is 11.9. The molecular formula is C33H41Si2. The third-order valence-electron chi connectivity index (χ3n) is 8.43. The summed E-state index contributed by atoms with van der Waals surface area (Å²) in [6.45, 7) is 23.6. The van der Waals surface area contributed by atoms with Crippen LogP contribution in [0, 0.1) is 26.8 Å². The van der Waals surface area contributed by atoms with Gasteiger partial charge in [0.25, 0.3) is 0 Å². The van der Waals surface area contributed by atoms with Gasteiger partial charge < -0.3 is 0 Å². The Kier molecular flexibility index (Phi) is 6.53. The Hall–Kier alpha value is -2.43. The summed E-state index contributed by atoms with van der Waals surface area (Å²) in [5.41, 5.74) is 8.28. The monoisotopic (exact) mass is 493 g/mol. The Balaban J connectivity index is 2.27. The van der Waals surface area contributed by atoms with Crippen LogP contribution in [0.25, 0.3) is 0 Å². The van der Waals surface area contributed by atoms with E-state index in [1.807, 2.05) is 0 Å². The van der Waals surface area contributed by atoms with Crippen LogP contribution in [0.1, 0.15) is 44.4 Å². The van der Waals surface area contributed by atoms with Gasteiger partial charge in [0.15, 0.2) is 8.07 Å². The quantitative estimate of drug-likeness (QED) is 0.282. The van der Waals surface area contributed by atoms with Gasteiger partial charge in [0.1, 0.15) is 0 Å². The van der Waals surface area contributed by atoms with Crippen LogP contribution in [0.15, 0.2) is 83.4 Å². The molecule has 0 fully saturated rings. The summed E-state index contributed by atoms with van der Waals surface area (Å²) in [6, 6.07) is 26.1. The lowest BCUT2D eigenvalue weighted by Gasteiger charge is -2.48. The summed E-state index contributed by atoms with van der Waals surface area (Å²) in [5.74, 6) is 0. The lowest BCUT2D eigenvalue weighted by Crippen LogP contribution is -2.74. The zero-order chi connectivity index (χ0) is 25.8. The molecule has 3 aromatic rings. The van der Waals surface area contributed by atoms with Crippen LogP contribution in [-0.4, -0.2) is 16.1 Å². The molecule has 35 heavy (non-hydrogen) atoms. The molecule has 4 rings (SSSR count). The summed E-state index contributed by atoms with van der Waals surface area (Å²) in [6.07, 6.45) is 4.10. The van der Waals surface area contributed by atoms with Crippen molar-refractivity contribution in [1.82, 2.24) is 0 Å². The first-order valence-electron chi connectivity index (χ1n) is 12.9. The van der Waals surface area contributed by atoms with Crippen molar-refractivity contribution in [2.75, 3.05) is 0 Å². The van der Waals surface area contributed by atoms with Gasteiger partial charge in [-0.1, -0.05) is 121 Å². The largest absolute Gasteiger partial charge is 0.162 e. The molecular weight excluding hydrogens is 453 g/mol. The van der Waals surface area contributed by atoms with E-state index < -0.39 is 16.1 Å². The van der Waals surface area contributed by atoms with Gasteiger partial charge in [-0.25, -0.2) is 0 Å². The maximum atomic E-state index is 4.10. The molecule has 3 aromatic carbocycles. The Morgan fingerprint density at radius 2 is 1.29 bits per heavy atom. The highest BCUT2D eigenvalue weighted by atomic mass is 28.3. The van der Waals surface area contributed by atoms with Crippen molar-refractivity contribution in [3.63, 3.8) is 0 Å². The molecule has 0 bridgehead atoms. The number of hydrogen-bond acceptors (Lipinski definition) is 0. The van der Waals surface area contributed by atoms with Gasteiger partial charge in [0, 0.05) is 5.04 Å². The fourth-order valence-electron chi connectivity index (χ4n) is 6.27. The fraction of sp³-hybridized carbons (Fsp3) is 0.333. The molecule has 1 radical (unpaired) electrons. The molecule has 0 saturated carbocycles. The summed E-state index contributed by atoms with van der Waals surface area (Å²) in [5, 5.41) is 5.86. The van der Waals surface area contributed by atoms with Crippen LogP contribution in [0.2, 0.25) is 24.7 Å². The van der Waals surface area contributed by atoms with Crippen molar-refractivity contribution in [2.45, 2.75) is 73.1 Å². The molecule has 1 aliphatic rings. The van der Waals surface area contributed by atoms with Gasteiger partial charge in [-0.3, -0.25) is 0 Å². The summed E-state index contributed by atoms with van der Waals surface area (Å²) >= 11 is 0. The van der Waals surface area contributed by atoms with E-state index in [1.165, 1.54) is 49.0 Å². The first-order valence-corrected chi connectivity index (χ1v) is 18.4. The predicted octanol–water partition coefficient (Wildman–Crippen LogP) is 6.49. The van der Waals surface area contributed by atoms with Crippen molar-refractivity contribution in [3.05, 3.63) is 106 Å². The van der Waals surface area contributed by atoms with Gasteiger partial charge in [-0.15, -0.1) is 0 Å². The van der Waals surface area contributed by atoms with Crippen LogP contribution in [0.4, 0.5) is 0 Å². The number of aryl methyl sites for hydroxylation is 3.